The fraction of sp³-hybridized carbons (Fsp3) is 0.429. The number of hydrogen-bond donors (Lipinski definition) is 3. The molecule has 0 heterocycles. The quantitative estimate of drug-likeness (QED) is 0.339. The molecule has 0 aliphatic heterocycles. The monoisotopic (exact) mass is 516 g/mol. The second kappa shape index (κ2) is 16.5. The number of carbonyl (C=O) groups excluding carboxylic acids is 2. The van der Waals surface area contributed by atoms with Crippen LogP contribution in [0, 0.1) is 6.92 Å². The normalized spacial score (nSPS) is 10.9. The molecule has 2 aromatic rings. The summed E-state index contributed by atoms with van der Waals surface area (Å²) < 4.78 is 5.49. The van der Waals surface area contributed by atoms with Crippen molar-refractivity contribution in [2.75, 3.05) is 19.6 Å². The Kier molecular flexibility index (Phi) is 14.1. The number of nitrogens with zero attached hydrogens (tertiary/aromatic N) is 1. The Hall–Kier alpha value is -3.19. The van der Waals surface area contributed by atoms with Gasteiger partial charge in [0.15, 0.2) is 0 Å². The Morgan fingerprint density at radius 1 is 1.08 bits per heavy atom. The molecule has 0 aliphatic carbocycles. The molecule has 5 N–H and O–H groups in total. The first-order valence-electron chi connectivity index (χ1n) is 12.4. The molecule has 0 bridgehead atoms. The van der Waals surface area contributed by atoms with Gasteiger partial charge in [-0.1, -0.05) is 48.4 Å². The molecule has 0 atom stereocenters. The molecule has 0 saturated heterocycles. The van der Waals surface area contributed by atoms with Crippen molar-refractivity contribution in [1.82, 2.24) is 10.2 Å². The molecular formula is C28H41ClN4O3. The Morgan fingerprint density at radius 3 is 2.25 bits per heavy atom. The highest BCUT2D eigenvalue weighted by Crippen LogP contribution is 2.26. The van der Waals surface area contributed by atoms with Gasteiger partial charge in [0.1, 0.15) is 5.75 Å². The van der Waals surface area contributed by atoms with E-state index in [9.17, 15) is 9.59 Å². The fourth-order valence-electron chi connectivity index (χ4n) is 3.18. The van der Waals surface area contributed by atoms with Gasteiger partial charge in [-0.2, -0.15) is 0 Å². The number of nitrogens with two attached hydrogens (primary N) is 2. The third-order valence-electron chi connectivity index (χ3n) is 5.07. The Balaban J connectivity index is 0.000000369. The lowest BCUT2D eigenvalue weighted by atomic mass is 10.1. The van der Waals surface area contributed by atoms with Crippen molar-refractivity contribution in [2.45, 2.75) is 60.0 Å². The van der Waals surface area contributed by atoms with Crippen LogP contribution < -0.4 is 21.5 Å². The number of ether oxygens (including phenoxy) is 1. The van der Waals surface area contributed by atoms with Gasteiger partial charge in [-0.15, -0.1) is 0 Å². The number of aryl methyl sites for hydroxylation is 1. The SMILES string of the molecule is CC(C)Oc1ccc(C(=O)NCCCC(N)=O)cc1Cl.CCCN(/C=C(\N)c1ccc(C)cc1)CC. The van der Waals surface area contributed by atoms with Gasteiger partial charge in [-0.25, -0.2) is 0 Å². The van der Waals surface area contributed by atoms with E-state index >= 15 is 0 Å². The predicted octanol–water partition coefficient (Wildman–Crippen LogP) is 5.11. The number of nitrogens with one attached hydrogen (secondary N) is 1. The summed E-state index contributed by atoms with van der Waals surface area (Å²) in [6, 6.07) is 13.2. The summed E-state index contributed by atoms with van der Waals surface area (Å²) in [6.45, 7) is 12.7. The molecule has 0 radical (unpaired) electrons. The first kappa shape index (κ1) is 30.8. The van der Waals surface area contributed by atoms with E-state index in [1.165, 1.54) is 5.56 Å². The van der Waals surface area contributed by atoms with Crippen LogP contribution in [0.4, 0.5) is 0 Å². The second-order valence-electron chi connectivity index (χ2n) is 8.72. The van der Waals surface area contributed by atoms with Gasteiger partial charge in [-0.3, -0.25) is 9.59 Å². The molecule has 0 aliphatic rings. The molecule has 2 aromatic carbocycles. The van der Waals surface area contributed by atoms with Crippen molar-refractivity contribution in [2.24, 2.45) is 11.5 Å². The van der Waals surface area contributed by atoms with E-state index in [-0.39, 0.29) is 24.3 Å². The fourth-order valence-corrected chi connectivity index (χ4v) is 3.40. The van der Waals surface area contributed by atoms with Gasteiger partial charge in [0.05, 0.1) is 16.8 Å². The van der Waals surface area contributed by atoms with Gasteiger partial charge < -0.3 is 26.4 Å². The zero-order valence-corrected chi connectivity index (χ0v) is 22.9. The highest BCUT2D eigenvalue weighted by Gasteiger charge is 2.10. The van der Waals surface area contributed by atoms with Crippen molar-refractivity contribution < 1.29 is 14.3 Å². The third-order valence-corrected chi connectivity index (χ3v) is 5.36. The summed E-state index contributed by atoms with van der Waals surface area (Å²) in [5, 5.41) is 3.09. The van der Waals surface area contributed by atoms with Crippen molar-refractivity contribution in [3.8, 4) is 5.75 Å². The second-order valence-corrected chi connectivity index (χ2v) is 9.12. The summed E-state index contributed by atoms with van der Waals surface area (Å²) >= 11 is 6.05. The van der Waals surface area contributed by atoms with E-state index < -0.39 is 0 Å². The van der Waals surface area contributed by atoms with Crippen LogP contribution in [-0.4, -0.2) is 42.5 Å². The Morgan fingerprint density at radius 2 is 1.72 bits per heavy atom. The van der Waals surface area contributed by atoms with Crippen LogP contribution in [0.2, 0.25) is 5.02 Å². The molecule has 0 fully saturated rings. The van der Waals surface area contributed by atoms with E-state index in [1.807, 2.05) is 20.0 Å². The van der Waals surface area contributed by atoms with Crippen LogP contribution in [0.5, 0.6) is 5.75 Å². The maximum Gasteiger partial charge on any atom is 0.251 e. The molecule has 0 aromatic heterocycles. The number of hydrogen-bond acceptors (Lipinski definition) is 5. The minimum absolute atomic E-state index is 0.0148. The third kappa shape index (κ3) is 12.0. The lowest BCUT2D eigenvalue weighted by Crippen LogP contribution is -2.25. The molecule has 2 rings (SSSR count). The lowest BCUT2D eigenvalue weighted by molar-refractivity contribution is -0.118. The number of amides is 2. The number of benzene rings is 2. The van der Waals surface area contributed by atoms with Crippen LogP contribution in [0.3, 0.4) is 0 Å². The first-order chi connectivity index (χ1) is 17.1. The van der Waals surface area contributed by atoms with Crippen LogP contribution >= 0.6 is 11.6 Å². The van der Waals surface area contributed by atoms with Crippen LogP contribution in [0.1, 0.15) is 68.4 Å². The first-order valence-corrected chi connectivity index (χ1v) is 12.8. The average Bonchev–Trinajstić information content (AvgIpc) is 2.83. The number of halogens is 1. The molecule has 0 saturated carbocycles. The number of carbonyl (C=O) groups is 2. The van der Waals surface area contributed by atoms with Gasteiger partial charge in [-0.05, 0) is 64.3 Å². The standard InChI is InChI=1S/C14H19ClN2O3.C14H22N2/c1-9(2)20-12-6-5-10(8-11(12)15)14(19)17-7-3-4-13(16)18;1-4-10-16(5-2)11-14(15)13-8-6-12(3)7-9-13/h5-6,8-9H,3-4,7H2,1-2H3,(H2,16,18)(H,17,19);6-9,11H,4-5,10,15H2,1-3H3/b;14-11-. The van der Waals surface area contributed by atoms with E-state index in [1.54, 1.807) is 18.2 Å². The zero-order valence-electron chi connectivity index (χ0n) is 22.1. The highest BCUT2D eigenvalue weighted by atomic mass is 35.5. The Labute approximate surface area is 220 Å². The van der Waals surface area contributed by atoms with Gasteiger partial charge >= 0.3 is 0 Å². The summed E-state index contributed by atoms with van der Waals surface area (Å²) in [5.74, 6) is -0.0723. The maximum absolute atomic E-state index is 11.8. The minimum atomic E-state index is -0.377. The Bertz CT molecular complexity index is 991. The zero-order chi connectivity index (χ0) is 27.1. The topological polar surface area (TPSA) is 111 Å². The number of rotatable bonds is 12. The van der Waals surface area contributed by atoms with Crippen molar-refractivity contribution in [3.63, 3.8) is 0 Å². The molecule has 36 heavy (non-hydrogen) atoms. The maximum atomic E-state index is 11.8. The van der Waals surface area contributed by atoms with Crippen LogP contribution in [0.25, 0.3) is 5.70 Å². The van der Waals surface area contributed by atoms with Crippen molar-refractivity contribution in [1.29, 1.82) is 0 Å². The molecule has 198 valence electrons. The van der Waals surface area contributed by atoms with Gasteiger partial charge in [0.25, 0.3) is 5.91 Å². The molecule has 0 unspecified atom stereocenters. The molecule has 7 nitrogen and oxygen atoms in total. The van der Waals surface area contributed by atoms with E-state index in [2.05, 4.69) is 55.3 Å². The summed E-state index contributed by atoms with van der Waals surface area (Å²) in [5.41, 5.74) is 14.7. The average molecular weight is 517 g/mol. The summed E-state index contributed by atoms with van der Waals surface area (Å²) in [7, 11) is 0. The minimum Gasteiger partial charge on any atom is -0.489 e. The van der Waals surface area contributed by atoms with Crippen LogP contribution in [-0.2, 0) is 4.79 Å². The number of primary amides is 1. The predicted molar refractivity (Wildman–Crippen MR) is 149 cm³/mol. The van der Waals surface area contributed by atoms with Crippen LogP contribution in [0.15, 0.2) is 48.7 Å². The largest absolute Gasteiger partial charge is 0.489 e. The molecule has 0 spiro atoms. The highest BCUT2D eigenvalue weighted by molar-refractivity contribution is 6.32. The molecule has 8 heteroatoms. The van der Waals surface area contributed by atoms with E-state index in [0.29, 0.717) is 29.3 Å². The molecular weight excluding hydrogens is 476 g/mol. The van der Waals surface area contributed by atoms with Crippen molar-refractivity contribution in [3.05, 3.63) is 70.4 Å². The van der Waals surface area contributed by atoms with Gasteiger partial charge in [0, 0.05) is 37.8 Å². The summed E-state index contributed by atoms with van der Waals surface area (Å²) in [4.78, 5) is 24.7. The van der Waals surface area contributed by atoms with Crippen molar-refractivity contribution >= 4 is 29.1 Å². The lowest BCUT2D eigenvalue weighted by Gasteiger charge is -2.18. The summed E-state index contributed by atoms with van der Waals surface area (Å²) in [6.07, 6.45) is 3.98. The van der Waals surface area contributed by atoms with Gasteiger partial charge in [0.2, 0.25) is 5.91 Å². The van der Waals surface area contributed by atoms with E-state index in [4.69, 9.17) is 27.8 Å². The smallest absolute Gasteiger partial charge is 0.251 e. The molecule has 2 amide bonds. The van der Waals surface area contributed by atoms with E-state index in [0.717, 1.165) is 30.8 Å².